The van der Waals surface area contributed by atoms with Crippen molar-refractivity contribution in [3.63, 3.8) is 0 Å². The zero-order chi connectivity index (χ0) is 23.9. The number of fused-ring (bicyclic) bond motifs is 2. The third-order valence-corrected chi connectivity index (χ3v) is 7.02. The zero-order valence-corrected chi connectivity index (χ0v) is 19.1. The number of carbonyl (C=O) groups excluding carboxylic acids is 1. The molecular weight excluding hydrogens is 463 g/mol. The van der Waals surface area contributed by atoms with Gasteiger partial charge in [-0.2, -0.15) is 0 Å². The van der Waals surface area contributed by atoms with Crippen molar-refractivity contribution >= 4 is 29.0 Å². The first-order valence-corrected chi connectivity index (χ1v) is 11.5. The van der Waals surface area contributed by atoms with Gasteiger partial charge in [-0.3, -0.25) is 9.80 Å². The SMILES string of the molecule is O=C(Nc1ccc(Cl)cc1)N1CC2(CCN(Cc3cc(F)cc(F)c3)CC2)c2cc(F)ccc21. The molecule has 0 radical (unpaired) electrons. The highest BCUT2D eigenvalue weighted by Crippen LogP contribution is 2.47. The number of nitrogens with zero attached hydrogens (tertiary/aromatic N) is 2. The Balaban J connectivity index is 1.34. The molecule has 5 rings (SSSR count). The summed E-state index contributed by atoms with van der Waals surface area (Å²) >= 11 is 5.93. The van der Waals surface area contributed by atoms with E-state index in [0.717, 1.165) is 11.6 Å². The fourth-order valence-corrected chi connectivity index (χ4v) is 5.20. The first-order chi connectivity index (χ1) is 16.3. The maximum atomic E-state index is 14.2. The van der Waals surface area contributed by atoms with E-state index in [-0.39, 0.29) is 17.3 Å². The van der Waals surface area contributed by atoms with E-state index in [0.29, 0.717) is 61.0 Å². The monoisotopic (exact) mass is 485 g/mol. The van der Waals surface area contributed by atoms with Gasteiger partial charge < -0.3 is 5.32 Å². The molecular formula is C26H23ClF3N3O. The van der Waals surface area contributed by atoms with Gasteiger partial charge in [0.25, 0.3) is 0 Å². The Hall–Kier alpha value is -3.03. The van der Waals surface area contributed by atoms with Crippen LogP contribution in [-0.2, 0) is 12.0 Å². The van der Waals surface area contributed by atoms with Crippen molar-refractivity contribution in [2.24, 2.45) is 0 Å². The van der Waals surface area contributed by atoms with Crippen LogP contribution < -0.4 is 10.2 Å². The van der Waals surface area contributed by atoms with E-state index in [9.17, 15) is 18.0 Å². The van der Waals surface area contributed by atoms with Crippen LogP contribution in [0.4, 0.5) is 29.3 Å². The lowest BCUT2D eigenvalue weighted by Crippen LogP contribution is -2.46. The second kappa shape index (κ2) is 8.96. The van der Waals surface area contributed by atoms with Gasteiger partial charge in [0, 0.05) is 41.0 Å². The molecule has 3 aromatic carbocycles. The predicted octanol–water partition coefficient (Wildman–Crippen LogP) is 6.34. The van der Waals surface area contributed by atoms with Gasteiger partial charge in [0.05, 0.1) is 0 Å². The van der Waals surface area contributed by atoms with Gasteiger partial charge in [-0.25, -0.2) is 18.0 Å². The Morgan fingerprint density at radius 1 is 0.912 bits per heavy atom. The van der Waals surface area contributed by atoms with Crippen molar-refractivity contribution in [3.8, 4) is 0 Å². The average Bonchev–Trinajstić information content (AvgIpc) is 3.10. The van der Waals surface area contributed by atoms with Crippen LogP contribution in [0.3, 0.4) is 0 Å². The third kappa shape index (κ3) is 4.50. The third-order valence-electron chi connectivity index (χ3n) is 6.76. The molecule has 1 fully saturated rings. The van der Waals surface area contributed by atoms with Crippen LogP contribution in [0.1, 0.15) is 24.0 Å². The van der Waals surface area contributed by atoms with Gasteiger partial charge in [-0.05, 0) is 91.7 Å². The molecule has 2 aliphatic rings. The molecule has 2 aliphatic heterocycles. The van der Waals surface area contributed by atoms with Crippen molar-refractivity contribution in [3.05, 3.63) is 94.3 Å². The molecule has 0 aliphatic carbocycles. The van der Waals surface area contributed by atoms with Crippen molar-refractivity contribution in [2.75, 3.05) is 29.9 Å². The van der Waals surface area contributed by atoms with E-state index in [4.69, 9.17) is 11.6 Å². The fourth-order valence-electron chi connectivity index (χ4n) is 5.07. The lowest BCUT2D eigenvalue weighted by atomic mass is 9.74. The molecule has 2 heterocycles. The van der Waals surface area contributed by atoms with Gasteiger partial charge in [-0.1, -0.05) is 11.6 Å². The Labute approximate surface area is 200 Å². The smallest absolute Gasteiger partial charge is 0.308 e. The minimum Gasteiger partial charge on any atom is -0.308 e. The number of anilines is 2. The molecule has 8 heteroatoms. The molecule has 34 heavy (non-hydrogen) atoms. The van der Waals surface area contributed by atoms with Crippen molar-refractivity contribution in [1.29, 1.82) is 0 Å². The summed E-state index contributed by atoms with van der Waals surface area (Å²) < 4.78 is 41.4. The Morgan fingerprint density at radius 3 is 2.26 bits per heavy atom. The summed E-state index contributed by atoms with van der Waals surface area (Å²) in [5.74, 6) is -1.52. The lowest BCUT2D eigenvalue weighted by Gasteiger charge is -2.40. The van der Waals surface area contributed by atoms with Crippen LogP contribution in [0.5, 0.6) is 0 Å². The topological polar surface area (TPSA) is 35.6 Å². The van der Waals surface area contributed by atoms with Crippen LogP contribution in [0.15, 0.2) is 60.7 Å². The first-order valence-electron chi connectivity index (χ1n) is 11.1. The summed E-state index contributed by atoms with van der Waals surface area (Å²) in [6.07, 6.45) is 1.40. The average molecular weight is 486 g/mol. The number of benzene rings is 3. The normalized spacial score (nSPS) is 17.1. The van der Waals surface area contributed by atoms with E-state index in [2.05, 4.69) is 10.2 Å². The number of likely N-dealkylation sites (tertiary alicyclic amines) is 1. The number of hydrogen-bond acceptors (Lipinski definition) is 2. The van der Waals surface area contributed by atoms with Crippen LogP contribution in [0.25, 0.3) is 0 Å². The molecule has 0 saturated carbocycles. The highest BCUT2D eigenvalue weighted by atomic mass is 35.5. The maximum Gasteiger partial charge on any atom is 0.326 e. The number of urea groups is 1. The fraction of sp³-hybridized carbons (Fsp3) is 0.269. The van der Waals surface area contributed by atoms with Crippen LogP contribution in [0.2, 0.25) is 5.02 Å². The van der Waals surface area contributed by atoms with E-state index in [1.54, 1.807) is 35.2 Å². The molecule has 0 atom stereocenters. The van der Waals surface area contributed by atoms with Gasteiger partial charge in [-0.15, -0.1) is 0 Å². The first kappa shape index (κ1) is 22.7. The Kier molecular flexibility index (Phi) is 6.00. The van der Waals surface area contributed by atoms with E-state index < -0.39 is 11.6 Å². The second-order valence-electron chi connectivity index (χ2n) is 9.02. The number of carbonyl (C=O) groups is 1. The van der Waals surface area contributed by atoms with Gasteiger partial charge in [0.15, 0.2) is 0 Å². The van der Waals surface area contributed by atoms with Crippen molar-refractivity contribution in [1.82, 2.24) is 4.90 Å². The molecule has 3 aromatic rings. The molecule has 0 aromatic heterocycles. The molecule has 176 valence electrons. The van der Waals surface area contributed by atoms with Crippen LogP contribution in [0, 0.1) is 17.5 Å². The van der Waals surface area contributed by atoms with Crippen LogP contribution in [-0.4, -0.2) is 30.6 Å². The molecule has 4 nitrogen and oxygen atoms in total. The van der Waals surface area contributed by atoms with Crippen LogP contribution >= 0.6 is 11.6 Å². The minimum absolute atomic E-state index is 0.287. The van der Waals surface area contributed by atoms with E-state index >= 15 is 0 Å². The summed E-state index contributed by atoms with van der Waals surface area (Å²) in [5, 5.41) is 3.47. The largest absolute Gasteiger partial charge is 0.326 e. The van der Waals surface area contributed by atoms with Gasteiger partial charge in [0.1, 0.15) is 17.5 Å². The van der Waals surface area contributed by atoms with Gasteiger partial charge in [0.2, 0.25) is 0 Å². The highest BCUT2D eigenvalue weighted by Gasteiger charge is 2.46. The summed E-state index contributed by atoms with van der Waals surface area (Å²) in [6, 6.07) is 14.7. The number of piperidine rings is 1. The molecule has 1 N–H and O–H groups in total. The van der Waals surface area contributed by atoms with Crippen molar-refractivity contribution < 1.29 is 18.0 Å². The maximum absolute atomic E-state index is 14.2. The zero-order valence-electron chi connectivity index (χ0n) is 18.3. The highest BCUT2D eigenvalue weighted by molar-refractivity contribution is 6.30. The summed E-state index contributed by atoms with van der Waals surface area (Å²) in [6.45, 7) is 2.20. The van der Waals surface area contributed by atoms with Gasteiger partial charge >= 0.3 is 6.03 Å². The number of nitrogens with one attached hydrogen (secondary N) is 1. The number of rotatable bonds is 3. The minimum atomic E-state index is -0.592. The molecule has 2 amide bonds. The number of hydrogen-bond donors (Lipinski definition) is 1. The standard InChI is InChI=1S/C26H23ClF3N3O/c27-18-1-4-22(5-2-18)31-25(34)33-16-26(23-14-19(28)3-6-24(23)33)7-9-32(10-8-26)15-17-11-20(29)13-21(30)12-17/h1-6,11-14H,7-10,15-16H2,(H,31,34). The Morgan fingerprint density at radius 2 is 1.59 bits per heavy atom. The number of halogens is 4. The second-order valence-corrected chi connectivity index (χ2v) is 9.46. The summed E-state index contributed by atoms with van der Waals surface area (Å²) in [7, 11) is 0. The van der Waals surface area contributed by atoms with Crippen molar-refractivity contribution in [2.45, 2.75) is 24.8 Å². The molecule has 1 saturated heterocycles. The Bertz CT molecular complexity index is 1210. The lowest BCUT2D eigenvalue weighted by molar-refractivity contribution is 0.159. The summed E-state index contributed by atoms with van der Waals surface area (Å²) in [5.41, 5.74) is 2.36. The molecule has 0 unspecified atom stereocenters. The predicted molar refractivity (Wildman–Crippen MR) is 127 cm³/mol. The quantitative estimate of drug-likeness (QED) is 0.469. The van der Waals surface area contributed by atoms with E-state index in [1.807, 2.05) is 0 Å². The summed E-state index contributed by atoms with van der Waals surface area (Å²) in [4.78, 5) is 17.0. The molecule has 0 bridgehead atoms. The number of amides is 2. The van der Waals surface area contributed by atoms with E-state index in [1.165, 1.54) is 24.3 Å². The molecule has 1 spiro atoms.